The van der Waals surface area contributed by atoms with Gasteiger partial charge in [0.15, 0.2) is 0 Å². The lowest BCUT2D eigenvalue weighted by molar-refractivity contribution is 0.0962. The van der Waals surface area contributed by atoms with Crippen molar-refractivity contribution >= 4 is 27.6 Å². The van der Waals surface area contributed by atoms with Gasteiger partial charge in [-0.3, -0.25) is 20.0 Å². The zero-order chi connectivity index (χ0) is 19.1. The largest absolute Gasteiger partial charge is 0.269 e. The third kappa shape index (κ3) is 3.62. The van der Waals surface area contributed by atoms with Gasteiger partial charge in [-0.2, -0.15) is 0 Å². The summed E-state index contributed by atoms with van der Waals surface area (Å²) in [5.74, 6) is -0.0325. The van der Waals surface area contributed by atoms with Gasteiger partial charge in [0.05, 0.1) is 11.9 Å². The molecule has 26 heavy (non-hydrogen) atoms. The van der Waals surface area contributed by atoms with Crippen molar-refractivity contribution in [2.24, 2.45) is 0 Å². The average molecular weight is 375 g/mol. The van der Waals surface area contributed by atoms with Gasteiger partial charge in [-0.25, -0.2) is 18.4 Å². The highest BCUT2D eigenvalue weighted by Gasteiger charge is 2.32. The van der Waals surface area contributed by atoms with E-state index in [1.54, 1.807) is 18.2 Å². The molecule has 0 saturated heterocycles. The van der Waals surface area contributed by atoms with Crippen LogP contribution in [0.4, 0.5) is 11.6 Å². The quantitative estimate of drug-likeness (QED) is 0.786. The van der Waals surface area contributed by atoms with E-state index < -0.39 is 10.0 Å². The van der Waals surface area contributed by atoms with E-state index in [1.807, 2.05) is 26.8 Å². The highest BCUT2D eigenvalue weighted by atomic mass is 32.2. The predicted octanol–water partition coefficient (Wildman–Crippen LogP) is 1.56. The van der Waals surface area contributed by atoms with Gasteiger partial charge in [0.2, 0.25) is 16.0 Å². The van der Waals surface area contributed by atoms with Crippen molar-refractivity contribution in [1.82, 2.24) is 15.4 Å². The molecule has 1 unspecified atom stereocenters. The van der Waals surface area contributed by atoms with Gasteiger partial charge in [-0.15, -0.1) is 0 Å². The molecule has 9 heteroatoms. The zero-order valence-electron chi connectivity index (χ0n) is 15.1. The van der Waals surface area contributed by atoms with Crippen molar-refractivity contribution in [1.29, 1.82) is 0 Å². The van der Waals surface area contributed by atoms with Crippen LogP contribution in [0.3, 0.4) is 0 Å². The molecule has 2 heterocycles. The van der Waals surface area contributed by atoms with Crippen LogP contribution in [-0.2, 0) is 16.4 Å². The zero-order valence-corrected chi connectivity index (χ0v) is 15.9. The monoisotopic (exact) mass is 375 g/mol. The van der Waals surface area contributed by atoms with E-state index in [0.717, 1.165) is 17.0 Å². The van der Waals surface area contributed by atoms with Crippen LogP contribution in [0, 0.1) is 13.8 Å². The first-order chi connectivity index (χ1) is 12.1. The summed E-state index contributed by atoms with van der Waals surface area (Å²) in [6.45, 7) is 5.54. The van der Waals surface area contributed by atoms with Crippen LogP contribution >= 0.6 is 0 Å². The summed E-state index contributed by atoms with van der Waals surface area (Å²) in [5.41, 5.74) is 8.75. The fourth-order valence-electron chi connectivity index (χ4n) is 3.22. The third-order valence-electron chi connectivity index (χ3n) is 4.12. The Morgan fingerprint density at radius 1 is 1.19 bits per heavy atom. The molecule has 1 aromatic carbocycles. The van der Waals surface area contributed by atoms with E-state index in [-0.39, 0.29) is 11.9 Å². The summed E-state index contributed by atoms with van der Waals surface area (Å²) in [6, 6.07) is 6.66. The van der Waals surface area contributed by atoms with Crippen molar-refractivity contribution < 1.29 is 13.2 Å². The lowest BCUT2D eigenvalue weighted by Gasteiger charge is -2.21. The Labute approximate surface area is 152 Å². The molecule has 0 radical (unpaired) electrons. The summed E-state index contributed by atoms with van der Waals surface area (Å²) < 4.78 is 25.3. The first kappa shape index (κ1) is 18.1. The lowest BCUT2D eigenvalue weighted by Crippen LogP contribution is -2.34. The molecule has 1 amide bonds. The number of rotatable bonds is 4. The Morgan fingerprint density at radius 2 is 1.85 bits per heavy atom. The second-order valence-electron chi connectivity index (χ2n) is 6.51. The molecule has 1 atom stereocenters. The van der Waals surface area contributed by atoms with E-state index in [0.29, 0.717) is 23.6 Å². The molecule has 8 nitrogen and oxygen atoms in total. The van der Waals surface area contributed by atoms with Crippen LogP contribution in [0.15, 0.2) is 24.3 Å². The number of carbonyl (C=O) groups is 1. The highest BCUT2D eigenvalue weighted by Crippen LogP contribution is 2.34. The normalized spacial score (nSPS) is 16.3. The molecule has 1 aromatic heterocycles. The molecule has 0 saturated carbocycles. The fraction of sp³-hybridized carbons (Fsp3) is 0.353. The molecule has 1 aliphatic rings. The molecular weight excluding hydrogens is 354 g/mol. The smallest absolute Gasteiger partial charge is 0.267 e. The van der Waals surface area contributed by atoms with Gasteiger partial charge in [-0.1, -0.05) is 0 Å². The van der Waals surface area contributed by atoms with Crippen molar-refractivity contribution in [3.05, 3.63) is 46.8 Å². The second kappa shape index (κ2) is 6.56. The Hall–Kier alpha value is -2.68. The topological polar surface area (TPSA) is 104 Å². The maximum atomic E-state index is 12.4. The number of hydrogen-bond donors (Lipinski definition) is 2. The molecule has 1 aliphatic heterocycles. The third-order valence-corrected chi connectivity index (χ3v) is 5.39. The lowest BCUT2D eigenvalue weighted by atomic mass is 10.1. The van der Waals surface area contributed by atoms with Crippen LogP contribution in [-0.4, -0.2) is 36.6 Å². The number of aryl methyl sites for hydroxylation is 2. The summed E-state index contributed by atoms with van der Waals surface area (Å²) in [5, 5.41) is 0. The van der Waals surface area contributed by atoms with Crippen molar-refractivity contribution in [3.8, 4) is 0 Å². The predicted molar refractivity (Wildman–Crippen MR) is 99.5 cm³/mol. The molecule has 2 aromatic rings. The van der Waals surface area contributed by atoms with Crippen LogP contribution in [0.2, 0.25) is 0 Å². The number of sulfonamides is 1. The van der Waals surface area contributed by atoms with Crippen molar-refractivity contribution in [2.75, 3.05) is 16.0 Å². The highest BCUT2D eigenvalue weighted by molar-refractivity contribution is 7.92. The van der Waals surface area contributed by atoms with E-state index in [9.17, 15) is 13.2 Å². The Morgan fingerprint density at radius 3 is 2.46 bits per heavy atom. The van der Waals surface area contributed by atoms with Gasteiger partial charge < -0.3 is 0 Å². The van der Waals surface area contributed by atoms with Gasteiger partial charge in [0.1, 0.15) is 0 Å². The average Bonchev–Trinajstić information content (AvgIpc) is 2.86. The summed E-state index contributed by atoms with van der Waals surface area (Å²) in [4.78, 5) is 20.8. The SMILES string of the molecule is Cc1cc(C)nc(NNC(=O)c2ccc3c(c2)CC(C)N3S(C)(=O)=O)n1. The minimum Gasteiger partial charge on any atom is -0.267 e. The maximum absolute atomic E-state index is 12.4. The number of anilines is 2. The number of amides is 1. The molecule has 0 fully saturated rings. The van der Waals surface area contributed by atoms with Crippen LogP contribution in [0.25, 0.3) is 0 Å². The number of aromatic nitrogens is 2. The number of fused-ring (bicyclic) bond motifs is 1. The molecule has 0 spiro atoms. The Bertz CT molecular complexity index is 954. The minimum absolute atomic E-state index is 0.167. The Balaban J connectivity index is 1.77. The Kier molecular flexibility index (Phi) is 4.57. The molecule has 2 N–H and O–H groups in total. The number of hydrogen-bond acceptors (Lipinski definition) is 6. The number of carbonyl (C=O) groups excluding carboxylic acids is 1. The summed E-state index contributed by atoms with van der Waals surface area (Å²) in [6.07, 6.45) is 1.75. The molecular formula is C17H21N5O3S. The summed E-state index contributed by atoms with van der Waals surface area (Å²) >= 11 is 0. The second-order valence-corrected chi connectivity index (χ2v) is 8.37. The first-order valence-corrected chi connectivity index (χ1v) is 10.0. The van der Waals surface area contributed by atoms with Crippen LogP contribution in [0.1, 0.15) is 34.2 Å². The van der Waals surface area contributed by atoms with Gasteiger partial charge >= 0.3 is 0 Å². The first-order valence-electron chi connectivity index (χ1n) is 8.16. The van der Waals surface area contributed by atoms with Crippen LogP contribution in [0.5, 0.6) is 0 Å². The maximum Gasteiger partial charge on any atom is 0.269 e. The van der Waals surface area contributed by atoms with Gasteiger partial charge in [-0.05, 0) is 57.0 Å². The van der Waals surface area contributed by atoms with Crippen LogP contribution < -0.4 is 15.2 Å². The number of nitrogens with zero attached hydrogens (tertiary/aromatic N) is 3. The van der Waals surface area contributed by atoms with Crippen molar-refractivity contribution in [3.63, 3.8) is 0 Å². The molecule has 0 aliphatic carbocycles. The number of benzene rings is 1. The van der Waals surface area contributed by atoms with E-state index in [2.05, 4.69) is 20.8 Å². The minimum atomic E-state index is -3.35. The molecule has 0 bridgehead atoms. The summed E-state index contributed by atoms with van der Waals surface area (Å²) in [7, 11) is -3.35. The van der Waals surface area contributed by atoms with E-state index >= 15 is 0 Å². The standard InChI is InChI=1S/C17H21N5O3S/c1-10-7-11(2)19-17(18-10)21-20-16(23)13-5-6-15-14(9-13)8-12(3)22(15)26(4,24)25/h5-7,9,12H,8H2,1-4H3,(H,20,23)(H,18,19,21). The number of hydrazine groups is 1. The van der Waals surface area contributed by atoms with Gasteiger partial charge in [0.25, 0.3) is 5.91 Å². The van der Waals surface area contributed by atoms with E-state index in [4.69, 9.17) is 0 Å². The number of nitrogens with one attached hydrogen (secondary N) is 2. The van der Waals surface area contributed by atoms with Crippen molar-refractivity contribution in [2.45, 2.75) is 33.2 Å². The molecule has 138 valence electrons. The van der Waals surface area contributed by atoms with E-state index in [1.165, 1.54) is 10.6 Å². The van der Waals surface area contributed by atoms with Gasteiger partial charge in [0, 0.05) is 23.0 Å². The fourth-order valence-corrected chi connectivity index (χ4v) is 4.48. The molecule has 3 rings (SSSR count).